The van der Waals surface area contributed by atoms with E-state index in [1.807, 2.05) is 12.1 Å². The van der Waals surface area contributed by atoms with Crippen LogP contribution in [0.2, 0.25) is 0 Å². The van der Waals surface area contributed by atoms with Crippen molar-refractivity contribution in [1.29, 1.82) is 5.26 Å². The molecule has 0 unspecified atom stereocenters. The first-order chi connectivity index (χ1) is 9.19. The third-order valence-electron chi connectivity index (χ3n) is 4.32. The van der Waals surface area contributed by atoms with E-state index in [4.69, 9.17) is 5.26 Å². The second kappa shape index (κ2) is 6.61. The standard InChI is InChI=1S/C17H24N2/c1-13(2)15-5-9-17(10-6-15)19-16-7-3-14(4-8-16)11-12-18/h3-4,7-8,13,15,17,19H,5-6,9-11H2,1-2H3. The van der Waals surface area contributed by atoms with E-state index in [0.717, 1.165) is 17.4 Å². The maximum atomic E-state index is 8.65. The van der Waals surface area contributed by atoms with E-state index < -0.39 is 0 Å². The van der Waals surface area contributed by atoms with Gasteiger partial charge < -0.3 is 5.32 Å². The Balaban J connectivity index is 1.84. The summed E-state index contributed by atoms with van der Waals surface area (Å²) in [5.41, 5.74) is 2.28. The summed E-state index contributed by atoms with van der Waals surface area (Å²) in [4.78, 5) is 0. The Morgan fingerprint density at radius 3 is 2.32 bits per heavy atom. The first kappa shape index (κ1) is 13.9. The van der Waals surface area contributed by atoms with E-state index in [0.29, 0.717) is 12.5 Å². The average molecular weight is 256 g/mol. The first-order valence-corrected chi connectivity index (χ1v) is 7.41. The fourth-order valence-electron chi connectivity index (χ4n) is 2.98. The molecule has 1 aliphatic carbocycles. The molecule has 0 spiro atoms. The Kier molecular flexibility index (Phi) is 4.85. The minimum atomic E-state index is 0.500. The van der Waals surface area contributed by atoms with Crippen molar-refractivity contribution in [3.63, 3.8) is 0 Å². The fourth-order valence-corrected chi connectivity index (χ4v) is 2.98. The van der Waals surface area contributed by atoms with Crippen LogP contribution in [0.1, 0.15) is 45.1 Å². The maximum absolute atomic E-state index is 8.65. The Bertz CT molecular complexity index is 420. The molecule has 102 valence electrons. The second-order valence-corrected chi connectivity index (χ2v) is 6.03. The van der Waals surface area contributed by atoms with Crippen molar-refractivity contribution in [3.8, 4) is 6.07 Å². The third kappa shape index (κ3) is 3.99. The van der Waals surface area contributed by atoms with Gasteiger partial charge in [0.15, 0.2) is 0 Å². The van der Waals surface area contributed by atoms with E-state index in [-0.39, 0.29) is 0 Å². The van der Waals surface area contributed by atoms with Gasteiger partial charge >= 0.3 is 0 Å². The number of benzene rings is 1. The predicted octanol–water partition coefficient (Wildman–Crippen LogP) is 4.38. The predicted molar refractivity (Wildman–Crippen MR) is 80.0 cm³/mol. The number of nitrogens with zero attached hydrogens (tertiary/aromatic N) is 1. The van der Waals surface area contributed by atoms with Crippen molar-refractivity contribution < 1.29 is 0 Å². The third-order valence-corrected chi connectivity index (χ3v) is 4.32. The number of nitriles is 1. The van der Waals surface area contributed by atoms with Crippen LogP contribution in [-0.2, 0) is 6.42 Å². The molecule has 2 nitrogen and oxygen atoms in total. The summed E-state index contributed by atoms with van der Waals surface area (Å²) >= 11 is 0. The van der Waals surface area contributed by atoms with Crippen LogP contribution in [0.5, 0.6) is 0 Å². The summed E-state index contributed by atoms with van der Waals surface area (Å²) in [7, 11) is 0. The molecule has 1 fully saturated rings. The van der Waals surface area contributed by atoms with Gasteiger partial charge in [-0.1, -0.05) is 26.0 Å². The van der Waals surface area contributed by atoms with Crippen molar-refractivity contribution in [1.82, 2.24) is 0 Å². The summed E-state index contributed by atoms with van der Waals surface area (Å²) in [6.45, 7) is 4.68. The molecule has 1 aliphatic rings. The summed E-state index contributed by atoms with van der Waals surface area (Å²) in [5.74, 6) is 1.74. The number of anilines is 1. The summed E-state index contributed by atoms with van der Waals surface area (Å²) in [6.07, 6.45) is 5.76. The van der Waals surface area contributed by atoms with E-state index >= 15 is 0 Å². The molecule has 0 aromatic heterocycles. The molecule has 1 N–H and O–H groups in total. The molecule has 0 aliphatic heterocycles. The first-order valence-electron chi connectivity index (χ1n) is 7.41. The molecule has 0 atom stereocenters. The quantitative estimate of drug-likeness (QED) is 0.867. The van der Waals surface area contributed by atoms with Crippen LogP contribution in [0.15, 0.2) is 24.3 Å². The number of nitrogens with one attached hydrogen (secondary N) is 1. The molecule has 0 amide bonds. The summed E-state index contributed by atoms with van der Waals surface area (Å²) < 4.78 is 0. The highest BCUT2D eigenvalue weighted by Crippen LogP contribution is 2.31. The van der Waals surface area contributed by atoms with Crippen molar-refractivity contribution >= 4 is 5.69 Å². The van der Waals surface area contributed by atoms with Crippen LogP contribution in [0, 0.1) is 23.2 Å². The summed E-state index contributed by atoms with van der Waals surface area (Å²) in [6, 6.07) is 11.1. The van der Waals surface area contributed by atoms with Crippen molar-refractivity contribution in [2.24, 2.45) is 11.8 Å². The highest BCUT2D eigenvalue weighted by Gasteiger charge is 2.22. The van der Waals surface area contributed by atoms with Gasteiger partial charge in [-0.2, -0.15) is 5.26 Å². The molecule has 1 saturated carbocycles. The molecule has 1 aromatic carbocycles. The molecule has 0 heterocycles. The maximum Gasteiger partial charge on any atom is 0.0669 e. The van der Waals surface area contributed by atoms with Gasteiger partial charge in [0.1, 0.15) is 0 Å². The fraction of sp³-hybridized carbons (Fsp3) is 0.588. The zero-order chi connectivity index (χ0) is 13.7. The minimum absolute atomic E-state index is 0.500. The lowest BCUT2D eigenvalue weighted by molar-refractivity contribution is 0.267. The van der Waals surface area contributed by atoms with E-state index in [9.17, 15) is 0 Å². The Labute approximate surface area is 116 Å². The van der Waals surface area contributed by atoms with E-state index in [2.05, 4.69) is 37.4 Å². The average Bonchev–Trinajstić information content (AvgIpc) is 2.42. The largest absolute Gasteiger partial charge is 0.382 e. The number of rotatable bonds is 4. The molecule has 19 heavy (non-hydrogen) atoms. The Morgan fingerprint density at radius 1 is 1.16 bits per heavy atom. The van der Waals surface area contributed by atoms with Crippen molar-refractivity contribution in [3.05, 3.63) is 29.8 Å². The van der Waals surface area contributed by atoms with E-state index in [1.54, 1.807) is 0 Å². The molecule has 0 saturated heterocycles. The highest BCUT2D eigenvalue weighted by molar-refractivity contribution is 5.45. The molecule has 1 aromatic rings. The van der Waals surface area contributed by atoms with Gasteiger partial charge in [-0.3, -0.25) is 0 Å². The van der Waals surface area contributed by atoms with Crippen LogP contribution >= 0.6 is 0 Å². The van der Waals surface area contributed by atoms with E-state index in [1.165, 1.54) is 31.4 Å². The molecule has 0 bridgehead atoms. The van der Waals surface area contributed by atoms with Gasteiger partial charge in [-0.15, -0.1) is 0 Å². The van der Waals surface area contributed by atoms with Crippen LogP contribution in [0.25, 0.3) is 0 Å². The normalized spacial score (nSPS) is 23.1. The number of hydrogen-bond acceptors (Lipinski definition) is 2. The van der Waals surface area contributed by atoms with Crippen LogP contribution < -0.4 is 5.32 Å². The number of hydrogen-bond donors (Lipinski definition) is 1. The summed E-state index contributed by atoms with van der Waals surface area (Å²) in [5, 5.41) is 12.3. The molecule has 2 heteroatoms. The van der Waals surface area contributed by atoms with Crippen LogP contribution in [0.3, 0.4) is 0 Å². The smallest absolute Gasteiger partial charge is 0.0669 e. The molecular formula is C17H24N2. The SMILES string of the molecule is CC(C)C1CCC(Nc2ccc(CC#N)cc2)CC1. The van der Waals surface area contributed by atoms with Gasteiger partial charge in [0, 0.05) is 11.7 Å². The Morgan fingerprint density at radius 2 is 1.79 bits per heavy atom. The molecule has 0 radical (unpaired) electrons. The highest BCUT2D eigenvalue weighted by atomic mass is 14.9. The molecular weight excluding hydrogens is 232 g/mol. The van der Waals surface area contributed by atoms with Gasteiger partial charge in [-0.25, -0.2) is 0 Å². The lowest BCUT2D eigenvalue weighted by Gasteiger charge is -2.31. The van der Waals surface area contributed by atoms with Gasteiger partial charge in [0.2, 0.25) is 0 Å². The zero-order valence-corrected chi connectivity index (χ0v) is 12.0. The van der Waals surface area contributed by atoms with Crippen molar-refractivity contribution in [2.45, 2.75) is 52.0 Å². The topological polar surface area (TPSA) is 35.8 Å². The zero-order valence-electron chi connectivity index (χ0n) is 12.0. The van der Waals surface area contributed by atoms with Gasteiger partial charge in [0.25, 0.3) is 0 Å². The lowest BCUT2D eigenvalue weighted by Crippen LogP contribution is -2.27. The Hall–Kier alpha value is -1.49. The minimum Gasteiger partial charge on any atom is -0.382 e. The second-order valence-electron chi connectivity index (χ2n) is 6.03. The van der Waals surface area contributed by atoms with Gasteiger partial charge in [-0.05, 0) is 55.2 Å². The lowest BCUT2D eigenvalue weighted by atomic mass is 9.79. The molecule has 2 rings (SSSR count). The van der Waals surface area contributed by atoms with Gasteiger partial charge in [0.05, 0.1) is 12.5 Å². The van der Waals surface area contributed by atoms with Crippen LogP contribution in [0.4, 0.5) is 5.69 Å². The monoisotopic (exact) mass is 256 g/mol. The van der Waals surface area contributed by atoms with Crippen LogP contribution in [-0.4, -0.2) is 6.04 Å². The van der Waals surface area contributed by atoms with Crippen molar-refractivity contribution in [2.75, 3.05) is 5.32 Å².